The largest absolute Gasteiger partial charge is 0.272 e. The van der Waals surface area contributed by atoms with Crippen LogP contribution in [0.1, 0.15) is 16.8 Å². The first-order valence-electron chi connectivity index (χ1n) is 6.34. The van der Waals surface area contributed by atoms with E-state index in [1.165, 1.54) is 0 Å². The molecule has 5 heteroatoms. The van der Waals surface area contributed by atoms with Gasteiger partial charge in [-0.05, 0) is 29.8 Å². The molecule has 0 aliphatic carbocycles. The Morgan fingerprint density at radius 3 is 2.86 bits per heavy atom. The molecule has 0 aliphatic rings. The van der Waals surface area contributed by atoms with E-state index in [-0.39, 0.29) is 5.56 Å². The fourth-order valence-electron chi connectivity index (χ4n) is 2.31. The fraction of sp³-hybridized carbons (Fsp3) is 0.0625. The monoisotopic (exact) mass is 295 g/mol. The van der Waals surface area contributed by atoms with Gasteiger partial charge in [-0.2, -0.15) is 10.4 Å². The number of hydrogen-bond acceptors (Lipinski definition) is 3. The molecule has 1 N–H and O–H groups in total. The molecular weight excluding hydrogens is 286 g/mol. The van der Waals surface area contributed by atoms with Crippen LogP contribution in [-0.2, 0) is 6.42 Å². The van der Waals surface area contributed by atoms with Gasteiger partial charge in [-0.1, -0.05) is 29.8 Å². The van der Waals surface area contributed by atoms with Gasteiger partial charge in [0, 0.05) is 11.8 Å². The minimum absolute atomic E-state index is 0.262. The van der Waals surface area contributed by atoms with Gasteiger partial charge in [-0.15, -0.1) is 0 Å². The van der Waals surface area contributed by atoms with Crippen LogP contribution in [0.15, 0.2) is 47.3 Å². The van der Waals surface area contributed by atoms with Crippen molar-refractivity contribution in [2.24, 2.45) is 0 Å². The molecule has 0 spiro atoms. The number of nitriles is 1. The Hall–Kier alpha value is -2.64. The number of nitrogens with zero attached hydrogens (tertiary/aromatic N) is 2. The van der Waals surface area contributed by atoms with Crippen LogP contribution in [0.3, 0.4) is 0 Å². The molecule has 0 amide bonds. The Bertz CT molecular complexity index is 925. The third kappa shape index (κ3) is 2.51. The minimum atomic E-state index is -0.262. The van der Waals surface area contributed by atoms with Gasteiger partial charge in [0.25, 0.3) is 5.56 Å². The van der Waals surface area contributed by atoms with Crippen LogP contribution in [0.25, 0.3) is 10.8 Å². The molecule has 0 fully saturated rings. The molecule has 0 unspecified atom stereocenters. The predicted octanol–water partition coefficient (Wildman–Crippen LogP) is 3.04. The third-order valence-electron chi connectivity index (χ3n) is 3.27. The van der Waals surface area contributed by atoms with Gasteiger partial charge in [0.1, 0.15) is 0 Å². The van der Waals surface area contributed by atoms with Gasteiger partial charge in [0.05, 0.1) is 27.7 Å². The number of nitrogens with one attached hydrogen (secondary N) is 1. The average Bonchev–Trinajstić information content (AvgIpc) is 2.51. The van der Waals surface area contributed by atoms with Crippen molar-refractivity contribution in [3.63, 3.8) is 0 Å². The number of hydrogen-bond donors (Lipinski definition) is 1. The molecule has 1 heterocycles. The zero-order valence-corrected chi connectivity index (χ0v) is 11.7. The maximum absolute atomic E-state index is 11.8. The molecule has 4 nitrogen and oxygen atoms in total. The number of rotatable bonds is 2. The zero-order chi connectivity index (χ0) is 14.8. The number of aromatic nitrogens is 2. The van der Waals surface area contributed by atoms with E-state index in [9.17, 15) is 4.79 Å². The smallest absolute Gasteiger partial charge is 0.267 e. The van der Waals surface area contributed by atoms with Crippen molar-refractivity contribution in [1.82, 2.24) is 10.2 Å². The summed E-state index contributed by atoms with van der Waals surface area (Å²) in [6.45, 7) is 0. The molecule has 3 aromatic rings. The highest BCUT2D eigenvalue weighted by atomic mass is 35.5. The van der Waals surface area contributed by atoms with E-state index in [4.69, 9.17) is 16.9 Å². The summed E-state index contributed by atoms with van der Waals surface area (Å²) in [5.74, 6) is 0. The van der Waals surface area contributed by atoms with Crippen molar-refractivity contribution in [2.75, 3.05) is 0 Å². The molecule has 0 aliphatic heterocycles. The molecule has 0 bridgehead atoms. The topological polar surface area (TPSA) is 69.5 Å². The second-order valence-electron chi connectivity index (χ2n) is 4.65. The fourth-order valence-corrected chi connectivity index (χ4v) is 2.60. The second-order valence-corrected chi connectivity index (χ2v) is 5.06. The van der Waals surface area contributed by atoms with Crippen molar-refractivity contribution in [1.29, 1.82) is 5.26 Å². The van der Waals surface area contributed by atoms with E-state index in [1.54, 1.807) is 30.3 Å². The van der Waals surface area contributed by atoms with Crippen molar-refractivity contribution in [3.8, 4) is 6.07 Å². The summed E-state index contributed by atoms with van der Waals surface area (Å²) in [5.41, 5.74) is 1.95. The van der Waals surface area contributed by atoms with E-state index in [1.807, 2.05) is 12.1 Å². The van der Waals surface area contributed by atoms with Gasteiger partial charge < -0.3 is 0 Å². The van der Waals surface area contributed by atoms with E-state index in [0.29, 0.717) is 33.5 Å². The zero-order valence-electron chi connectivity index (χ0n) is 10.9. The molecule has 0 saturated carbocycles. The van der Waals surface area contributed by atoms with Gasteiger partial charge >= 0.3 is 0 Å². The SMILES string of the molecule is N#Cc1cccc(Cc2n[nH]c(=O)c3cccc(Cl)c23)c1. The maximum Gasteiger partial charge on any atom is 0.272 e. The summed E-state index contributed by atoms with van der Waals surface area (Å²) in [6, 6.07) is 14.6. The first-order valence-corrected chi connectivity index (χ1v) is 6.71. The number of halogens is 1. The van der Waals surface area contributed by atoms with Gasteiger partial charge in [-0.25, -0.2) is 5.10 Å². The maximum atomic E-state index is 11.8. The number of benzene rings is 2. The Balaban J connectivity index is 2.15. The molecule has 3 rings (SSSR count). The van der Waals surface area contributed by atoms with Crippen molar-refractivity contribution in [2.45, 2.75) is 6.42 Å². The molecule has 102 valence electrons. The number of H-pyrrole nitrogens is 1. The molecule has 0 radical (unpaired) electrons. The Morgan fingerprint density at radius 1 is 1.24 bits per heavy atom. The lowest BCUT2D eigenvalue weighted by Crippen LogP contribution is -2.11. The van der Waals surface area contributed by atoms with Gasteiger partial charge in [0.2, 0.25) is 0 Å². The summed E-state index contributed by atoms with van der Waals surface area (Å²) in [6.07, 6.45) is 0.493. The Morgan fingerprint density at radius 2 is 2.05 bits per heavy atom. The predicted molar refractivity (Wildman–Crippen MR) is 81.3 cm³/mol. The average molecular weight is 296 g/mol. The minimum Gasteiger partial charge on any atom is -0.267 e. The normalized spacial score (nSPS) is 10.5. The number of fused-ring (bicyclic) bond motifs is 1. The molecule has 21 heavy (non-hydrogen) atoms. The van der Waals surface area contributed by atoms with Crippen LogP contribution in [0, 0.1) is 11.3 Å². The molecule has 0 saturated heterocycles. The second kappa shape index (κ2) is 5.39. The third-order valence-corrected chi connectivity index (χ3v) is 3.58. The van der Waals surface area contributed by atoms with Crippen LogP contribution in [0.4, 0.5) is 0 Å². The quantitative estimate of drug-likeness (QED) is 0.790. The summed E-state index contributed by atoms with van der Waals surface area (Å²) in [7, 11) is 0. The summed E-state index contributed by atoms with van der Waals surface area (Å²) in [5, 5.41) is 17.2. The Labute approximate surface area is 125 Å². The molecular formula is C16H10ClN3O. The number of aromatic amines is 1. The van der Waals surface area contributed by atoms with E-state index < -0.39 is 0 Å². The lowest BCUT2D eigenvalue weighted by molar-refractivity contribution is 0.934. The lowest BCUT2D eigenvalue weighted by atomic mass is 10.0. The highest BCUT2D eigenvalue weighted by molar-refractivity contribution is 6.35. The summed E-state index contributed by atoms with van der Waals surface area (Å²) >= 11 is 6.21. The molecule has 1 aromatic heterocycles. The van der Waals surface area contributed by atoms with Crippen LogP contribution in [-0.4, -0.2) is 10.2 Å². The van der Waals surface area contributed by atoms with Crippen molar-refractivity contribution in [3.05, 3.63) is 74.7 Å². The first kappa shape index (κ1) is 13.3. The van der Waals surface area contributed by atoms with Crippen LogP contribution >= 0.6 is 11.6 Å². The highest BCUT2D eigenvalue weighted by Gasteiger charge is 2.10. The van der Waals surface area contributed by atoms with Crippen LogP contribution in [0.2, 0.25) is 5.02 Å². The first-order chi connectivity index (χ1) is 10.2. The molecule has 0 atom stereocenters. The summed E-state index contributed by atoms with van der Waals surface area (Å²) in [4.78, 5) is 11.8. The van der Waals surface area contributed by atoms with Gasteiger partial charge in [-0.3, -0.25) is 4.79 Å². The van der Waals surface area contributed by atoms with Crippen LogP contribution in [0.5, 0.6) is 0 Å². The highest BCUT2D eigenvalue weighted by Crippen LogP contribution is 2.24. The lowest BCUT2D eigenvalue weighted by Gasteiger charge is -2.07. The standard InChI is InChI=1S/C16H10ClN3O/c17-13-6-2-5-12-15(13)14(19-20-16(12)21)8-10-3-1-4-11(7-10)9-18/h1-7H,8H2,(H,20,21). The van der Waals surface area contributed by atoms with Gasteiger partial charge in [0.15, 0.2) is 0 Å². The van der Waals surface area contributed by atoms with Crippen molar-refractivity contribution < 1.29 is 0 Å². The molecule has 2 aromatic carbocycles. The summed E-state index contributed by atoms with van der Waals surface area (Å²) < 4.78 is 0. The van der Waals surface area contributed by atoms with E-state index in [0.717, 1.165) is 5.56 Å². The van der Waals surface area contributed by atoms with Crippen molar-refractivity contribution >= 4 is 22.4 Å². The van der Waals surface area contributed by atoms with E-state index >= 15 is 0 Å². The Kier molecular flexibility index (Phi) is 3.43. The van der Waals surface area contributed by atoms with E-state index in [2.05, 4.69) is 16.3 Å². The van der Waals surface area contributed by atoms with Crippen LogP contribution < -0.4 is 5.56 Å².